The lowest BCUT2D eigenvalue weighted by molar-refractivity contribution is 0.838. The van der Waals surface area contributed by atoms with Gasteiger partial charge in [0.15, 0.2) is 0 Å². The lowest BCUT2D eigenvalue weighted by Crippen LogP contribution is -2.01. The second kappa shape index (κ2) is 5.46. The Morgan fingerprint density at radius 3 is 2.54 bits per heavy atom. The van der Waals surface area contributed by atoms with Crippen molar-refractivity contribution in [2.45, 2.75) is 6.54 Å². The number of nitrogens with zero attached hydrogens (tertiary/aromatic N) is 3. The minimum absolute atomic E-state index is 0.199. The van der Waals surface area contributed by atoms with E-state index in [4.69, 9.17) is 11.5 Å². The molecule has 2 heterocycles. The molecule has 126 valence electrons. The van der Waals surface area contributed by atoms with Crippen LogP contribution >= 0.6 is 0 Å². The van der Waals surface area contributed by atoms with Crippen molar-refractivity contribution in [1.29, 1.82) is 0 Å². The van der Waals surface area contributed by atoms with Crippen molar-refractivity contribution in [2.24, 2.45) is 0 Å². The minimum Gasteiger partial charge on any atom is -0.383 e. The van der Waals surface area contributed by atoms with Gasteiger partial charge in [-0.15, -0.1) is 0 Å². The Hall–Kier alpha value is -3.60. The summed E-state index contributed by atoms with van der Waals surface area (Å²) < 4.78 is 2.22. The Balaban J connectivity index is 1.63. The third-order valence-corrected chi connectivity index (χ3v) is 4.83. The standard InChI is InChI=1S/C21H17N5/c22-20-17-7-8-18-16(19(17)24-21(23)25-20)9-10-26(18)12-13-5-6-14-3-1-2-4-15(14)11-13/h1-11H,12H2,(H4,22,23,24,25). The summed E-state index contributed by atoms with van der Waals surface area (Å²) in [6.45, 7) is 0.788. The highest BCUT2D eigenvalue weighted by Crippen LogP contribution is 2.28. The molecule has 0 aliphatic rings. The molecular formula is C21H17N5. The maximum Gasteiger partial charge on any atom is 0.222 e. The van der Waals surface area contributed by atoms with Crippen LogP contribution < -0.4 is 11.5 Å². The fourth-order valence-corrected chi connectivity index (χ4v) is 3.58. The van der Waals surface area contributed by atoms with Crippen molar-refractivity contribution in [3.63, 3.8) is 0 Å². The molecule has 0 atom stereocenters. The largest absolute Gasteiger partial charge is 0.383 e. The Morgan fingerprint density at radius 2 is 1.65 bits per heavy atom. The zero-order chi connectivity index (χ0) is 17.7. The topological polar surface area (TPSA) is 82.7 Å². The number of nitrogen functional groups attached to an aromatic ring is 2. The molecule has 5 aromatic rings. The third kappa shape index (κ3) is 2.25. The Bertz CT molecular complexity index is 1290. The lowest BCUT2D eigenvalue weighted by Gasteiger charge is -2.09. The molecule has 0 unspecified atom stereocenters. The van der Waals surface area contributed by atoms with Crippen molar-refractivity contribution in [3.8, 4) is 0 Å². The molecule has 0 spiro atoms. The van der Waals surface area contributed by atoms with Gasteiger partial charge in [0.05, 0.1) is 11.0 Å². The van der Waals surface area contributed by atoms with Crippen molar-refractivity contribution in [2.75, 3.05) is 11.5 Å². The van der Waals surface area contributed by atoms with E-state index in [0.717, 1.165) is 28.4 Å². The third-order valence-electron chi connectivity index (χ3n) is 4.83. The molecule has 4 N–H and O–H groups in total. The Morgan fingerprint density at radius 1 is 0.808 bits per heavy atom. The first-order valence-corrected chi connectivity index (χ1v) is 8.47. The molecule has 0 radical (unpaired) electrons. The summed E-state index contributed by atoms with van der Waals surface area (Å²) >= 11 is 0. The average molecular weight is 339 g/mol. The molecule has 3 aromatic carbocycles. The van der Waals surface area contributed by atoms with Crippen molar-refractivity contribution in [3.05, 3.63) is 72.4 Å². The summed E-state index contributed by atoms with van der Waals surface area (Å²) in [5.41, 5.74) is 14.9. The molecule has 26 heavy (non-hydrogen) atoms. The predicted molar refractivity (Wildman–Crippen MR) is 107 cm³/mol. The highest BCUT2D eigenvalue weighted by Gasteiger charge is 2.10. The van der Waals surface area contributed by atoms with E-state index >= 15 is 0 Å². The summed E-state index contributed by atoms with van der Waals surface area (Å²) in [7, 11) is 0. The number of hydrogen-bond acceptors (Lipinski definition) is 4. The van der Waals surface area contributed by atoms with Crippen molar-refractivity contribution in [1.82, 2.24) is 14.5 Å². The smallest absolute Gasteiger partial charge is 0.222 e. The van der Waals surface area contributed by atoms with Gasteiger partial charge in [-0.2, -0.15) is 4.98 Å². The number of anilines is 2. The molecule has 0 bridgehead atoms. The second-order valence-corrected chi connectivity index (χ2v) is 6.49. The number of aromatic nitrogens is 3. The normalized spacial score (nSPS) is 11.5. The van der Waals surface area contributed by atoms with Crippen LogP contribution in [0.1, 0.15) is 5.56 Å². The minimum atomic E-state index is 0.199. The number of hydrogen-bond donors (Lipinski definition) is 2. The van der Waals surface area contributed by atoms with Crippen LogP contribution in [0, 0.1) is 0 Å². The van der Waals surface area contributed by atoms with Gasteiger partial charge in [-0.1, -0.05) is 36.4 Å². The van der Waals surface area contributed by atoms with Gasteiger partial charge in [0.1, 0.15) is 5.82 Å². The molecule has 0 fully saturated rings. The van der Waals surface area contributed by atoms with Crippen LogP contribution in [0.5, 0.6) is 0 Å². The molecule has 0 saturated carbocycles. The van der Waals surface area contributed by atoms with Crippen LogP contribution in [0.15, 0.2) is 66.9 Å². The molecule has 0 aliphatic heterocycles. The fraction of sp³-hybridized carbons (Fsp3) is 0.0476. The zero-order valence-corrected chi connectivity index (χ0v) is 14.1. The van der Waals surface area contributed by atoms with Gasteiger partial charge >= 0.3 is 0 Å². The first-order chi connectivity index (χ1) is 12.7. The summed E-state index contributed by atoms with van der Waals surface area (Å²) in [5.74, 6) is 0.612. The van der Waals surface area contributed by atoms with Crippen LogP contribution in [0.2, 0.25) is 0 Å². The van der Waals surface area contributed by atoms with E-state index in [1.165, 1.54) is 16.3 Å². The van der Waals surface area contributed by atoms with Crippen molar-refractivity contribution >= 4 is 44.3 Å². The quantitative estimate of drug-likeness (QED) is 0.510. The molecular weight excluding hydrogens is 322 g/mol. The fourth-order valence-electron chi connectivity index (χ4n) is 3.58. The first kappa shape index (κ1) is 14.7. The number of fused-ring (bicyclic) bond motifs is 4. The Labute approximate surface area is 149 Å². The van der Waals surface area contributed by atoms with Gasteiger partial charge in [-0.05, 0) is 40.6 Å². The highest BCUT2D eigenvalue weighted by atomic mass is 15.0. The molecule has 5 rings (SSSR count). The molecule has 5 nitrogen and oxygen atoms in total. The van der Waals surface area contributed by atoms with E-state index in [-0.39, 0.29) is 5.95 Å². The van der Waals surface area contributed by atoms with E-state index in [9.17, 15) is 0 Å². The maximum atomic E-state index is 5.99. The van der Waals surface area contributed by atoms with Gasteiger partial charge in [0.2, 0.25) is 5.95 Å². The van der Waals surface area contributed by atoms with Crippen LogP contribution in [0.3, 0.4) is 0 Å². The van der Waals surface area contributed by atoms with Crippen LogP contribution in [0.25, 0.3) is 32.6 Å². The van der Waals surface area contributed by atoms with E-state index in [0.29, 0.717) is 5.82 Å². The zero-order valence-electron chi connectivity index (χ0n) is 14.1. The lowest BCUT2D eigenvalue weighted by atomic mass is 10.1. The van der Waals surface area contributed by atoms with Gasteiger partial charge in [0, 0.05) is 23.5 Å². The predicted octanol–water partition coefficient (Wildman–Crippen LogP) is 3.95. The average Bonchev–Trinajstić information content (AvgIpc) is 3.05. The van der Waals surface area contributed by atoms with Crippen LogP contribution in [-0.2, 0) is 6.54 Å². The van der Waals surface area contributed by atoms with Gasteiger partial charge < -0.3 is 16.0 Å². The summed E-state index contributed by atoms with van der Waals surface area (Å²) in [4.78, 5) is 8.45. The maximum absolute atomic E-state index is 5.99. The number of rotatable bonds is 2. The molecule has 5 heteroatoms. The van der Waals surface area contributed by atoms with E-state index in [2.05, 4.69) is 75.3 Å². The molecule has 0 aliphatic carbocycles. The monoisotopic (exact) mass is 339 g/mol. The van der Waals surface area contributed by atoms with Crippen LogP contribution in [0.4, 0.5) is 11.8 Å². The summed E-state index contributed by atoms with van der Waals surface area (Å²) in [6.07, 6.45) is 2.08. The first-order valence-electron chi connectivity index (χ1n) is 8.47. The van der Waals surface area contributed by atoms with Gasteiger partial charge in [0.25, 0.3) is 0 Å². The molecule has 0 amide bonds. The second-order valence-electron chi connectivity index (χ2n) is 6.49. The van der Waals surface area contributed by atoms with Gasteiger partial charge in [-0.3, -0.25) is 0 Å². The van der Waals surface area contributed by atoms with E-state index in [1.807, 2.05) is 6.07 Å². The van der Waals surface area contributed by atoms with Gasteiger partial charge in [-0.25, -0.2) is 4.98 Å². The summed E-state index contributed by atoms with van der Waals surface area (Å²) in [5, 5.41) is 4.36. The van der Waals surface area contributed by atoms with Crippen LogP contribution in [-0.4, -0.2) is 14.5 Å². The SMILES string of the molecule is Nc1nc(N)c2ccc3c(ccn3Cc3ccc4ccccc4c3)c2n1. The highest BCUT2D eigenvalue weighted by molar-refractivity contribution is 6.07. The molecule has 2 aromatic heterocycles. The van der Waals surface area contributed by atoms with E-state index in [1.54, 1.807) is 0 Å². The van der Waals surface area contributed by atoms with E-state index < -0.39 is 0 Å². The number of nitrogens with two attached hydrogens (primary N) is 2. The molecule has 0 saturated heterocycles. The summed E-state index contributed by atoms with van der Waals surface area (Å²) in [6, 6.07) is 21.1. The number of benzene rings is 3. The Kier molecular flexibility index (Phi) is 3.09. The van der Waals surface area contributed by atoms with Crippen molar-refractivity contribution < 1.29 is 0 Å².